The number of imidazole rings is 1. The van der Waals surface area contributed by atoms with Crippen molar-refractivity contribution in [2.75, 3.05) is 0 Å². The molecule has 26 heavy (non-hydrogen) atoms. The lowest BCUT2D eigenvalue weighted by Crippen LogP contribution is -2.01. The molecule has 0 aliphatic rings. The fourth-order valence-corrected chi connectivity index (χ4v) is 2.74. The first kappa shape index (κ1) is 17.5. The van der Waals surface area contributed by atoms with Crippen LogP contribution < -0.4 is 0 Å². The Balaban J connectivity index is 2.32. The summed E-state index contributed by atoms with van der Waals surface area (Å²) in [6, 6.07) is 9.74. The lowest BCUT2D eigenvalue weighted by atomic mass is 10.1. The predicted octanol–water partition coefficient (Wildman–Crippen LogP) is 4.43. The Morgan fingerprint density at radius 1 is 1.12 bits per heavy atom. The average Bonchev–Trinajstić information content (AvgIpc) is 3.01. The van der Waals surface area contributed by atoms with Gasteiger partial charge in [0.05, 0.1) is 11.4 Å². The molecule has 0 radical (unpaired) electrons. The molecule has 0 fully saturated rings. The van der Waals surface area contributed by atoms with Gasteiger partial charge in [0.25, 0.3) is 0 Å². The van der Waals surface area contributed by atoms with Crippen LogP contribution >= 0.6 is 0 Å². The van der Waals surface area contributed by atoms with Gasteiger partial charge in [-0.1, -0.05) is 13.8 Å². The molecule has 0 aliphatic carbocycles. The molecule has 0 bridgehead atoms. The summed E-state index contributed by atoms with van der Waals surface area (Å²) in [6.07, 6.45) is 5.89. The van der Waals surface area contributed by atoms with Crippen LogP contribution in [0.1, 0.15) is 25.6 Å². The van der Waals surface area contributed by atoms with Crippen LogP contribution in [0.4, 0.5) is 4.39 Å². The van der Waals surface area contributed by atoms with Gasteiger partial charge in [-0.3, -0.25) is 4.98 Å². The highest BCUT2D eigenvalue weighted by Gasteiger charge is 2.20. The highest BCUT2D eigenvalue weighted by molar-refractivity contribution is 5.85. The SMILES string of the molecule is CC(C)c1nc(-c2ccncc2)c(-c2ccc(F)cc2)n1C=CC(=O)O. The lowest BCUT2D eigenvalue weighted by Gasteiger charge is -2.10. The number of aliphatic carboxylic acids is 1. The minimum atomic E-state index is -1.05. The van der Waals surface area contributed by atoms with E-state index in [1.807, 2.05) is 26.0 Å². The number of pyridine rings is 1. The van der Waals surface area contributed by atoms with Gasteiger partial charge in [-0.05, 0) is 36.4 Å². The molecular formula is C20H18FN3O2. The number of carboxylic acids is 1. The van der Waals surface area contributed by atoms with E-state index in [2.05, 4.69) is 4.98 Å². The molecule has 2 heterocycles. The standard InChI is InChI=1S/C20H18FN3O2/c1-13(2)20-23-18(14-7-10-22-11-8-14)19(24(20)12-9-17(25)26)15-3-5-16(21)6-4-15/h3-13H,1-2H3,(H,25,26). The van der Waals surface area contributed by atoms with Gasteiger partial charge >= 0.3 is 5.97 Å². The normalized spacial score (nSPS) is 11.4. The molecule has 132 valence electrons. The Labute approximate surface area is 150 Å². The highest BCUT2D eigenvalue weighted by atomic mass is 19.1. The van der Waals surface area contributed by atoms with Gasteiger partial charge in [0.1, 0.15) is 11.6 Å². The summed E-state index contributed by atoms with van der Waals surface area (Å²) in [6.45, 7) is 3.97. The van der Waals surface area contributed by atoms with Gasteiger partial charge in [0.2, 0.25) is 0 Å². The first-order valence-corrected chi connectivity index (χ1v) is 8.17. The van der Waals surface area contributed by atoms with Gasteiger partial charge < -0.3 is 9.67 Å². The second-order valence-corrected chi connectivity index (χ2v) is 6.09. The molecule has 0 aliphatic heterocycles. The van der Waals surface area contributed by atoms with Gasteiger partial charge in [-0.25, -0.2) is 14.2 Å². The molecule has 6 heteroatoms. The van der Waals surface area contributed by atoms with E-state index in [1.54, 1.807) is 29.1 Å². The van der Waals surface area contributed by atoms with E-state index < -0.39 is 5.97 Å². The van der Waals surface area contributed by atoms with Gasteiger partial charge in [-0.15, -0.1) is 0 Å². The third-order valence-corrected chi connectivity index (χ3v) is 3.89. The molecule has 2 aromatic heterocycles. The van der Waals surface area contributed by atoms with Crippen molar-refractivity contribution in [3.8, 4) is 22.5 Å². The lowest BCUT2D eigenvalue weighted by molar-refractivity contribution is -0.131. The molecule has 5 nitrogen and oxygen atoms in total. The van der Waals surface area contributed by atoms with Crippen LogP contribution in [0.25, 0.3) is 28.7 Å². The van der Waals surface area contributed by atoms with Crippen LogP contribution in [0.15, 0.2) is 54.9 Å². The number of halogens is 1. The number of hydrogen-bond donors (Lipinski definition) is 1. The number of carbonyl (C=O) groups is 1. The van der Waals surface area contributed by atoms with E-state index >= 15 is 0 Å². The summed E-state index contributed by atoms with van der Waals surface area (Å²) in [5, 5.41) is 9.05. The zero-order valence-corrected chi connectivity index (χ0v) is 14.4. The predicted molar refractivity (Wildman–Crippen MR) is 97.9 cm³/mol. The van der Waals surface area contributed by atoms with Crippen molar-refractivity contribution in [3.05, 3.63) is 66.5 Å². The zero-order valence-electron chi connectivity index (χ0n) is 14.4. The van der Waals surface area contributed by atoms with E-state index in [-0.39, 0.29) is 11.7 Å². The van der Waals surface area contributed by atoms with E-state index in [0.29, 0.717) is 17.2 Å². The van der Waals surface area contributed by atoms with Gasteiger partial charge in [0, 0.05) is 41.7 Å². The van der Waals surface area contributed by atoms with Gasteiger partial charge in [0.15, 0.2) is 0 Å². The molecular weight excluding hydrogens is 333 g/mol. The Morgan fingerprint density at radius 3 is 2.35 bits per heavy atom. The summed E-state index contributed by atoms with van der Waals surface area (Å²) in [5.74, 6) is -0.615. The summed E-state index contributed by atoms with van der Waals surface area (Å²) < 4.78 is 15.1. The molecule has 0 spiro atoms. The molecule has 0 unspecified atom stereocenters. The van der Waals surface area contributed by atoms with Crippen LogP contribution in [0.2, 0.25) is 0 Å². The number of aromatic nitrogens is 3. The average molecular weight is 351 g/mol. The van der Waals surface area contributed by atoms with Crippen LogP contribution in [0, 0.1) is 5.82 Å². The number of nitrogens with zero attached hydrogens (tertiary/aromatic N) is 3. The maximum absolute atomic E-state index is 13.4. The van der Waals surface area contributed by atoms with Crippen molar-refractivity contribution in [1.29, 1.82) is 0 Å². The Hall–Kier alpha value is -3.28. The smallest absolute Gasteiger partial charge is 0.329 e. The second-order valence-electron chi connectivity index (χ2n) is 6.09. The van der Waals surface area contributed by atoms with E-state index in [1.165, 1.54) is 18.3 Å². The molecule has 0 saturated carbocycles. The molecule has 0 atom stereocenters. The second kappa shape index (κ2) is 7.31. The molecule has 3 aromatic rings. The third kappa shape index (κ3) is 3.54. The molecule has 1 aromatic carbocycles. The van der Waals surface area contributed by atoms with E-state index in [0.717, 1.165) is 17.2 Å². The van der Waals surface area contributed by atoms with Crippen LogP contribution in [0.5, 0.6) is 0 Å². The zero-order chi connectivity index (χ0) is 18.7. The van der Waals surface area contributed by atoms with E-state index in [4.69, 9.17) is 10.1 Å². The highest BCUT2D eigenvalue weighted by Crippen LogP contribution is 2.35. The Bertz CT molecular complexity index is 945. The van der Waals surface area contributed by atoms with Gasteiger partial charge in [-0.2, -0.15) is 0 Å². The Morgan fingerprint density at radius 2 is 1.77 bits per heavy atom. The summed E-state index contributed by atoms with van der Waals surface area (Å²) in [7, 11) is 0. The van der Waals surface area contributed by atoms with Crippen LogP contribution in [-0.2, 0) is 4.79 Å². The topological polar surface area (TPSA) is 68.0 Å². The van der Waals surface area contributed by atoms with Crippen molar-refractivity contribution < 1.29 is 14.3 Å². The first-order chi connectivity index (χ1) is 12.5. The molecule has 0 saturated heterocycles. The summed E-state index contributed by atoms with van der Waals surface area (Å²) >= 11 is 0. The Kier molecular flexibility index (Phi) is 4.93. The van der Waals surface area contributed by atoms with Crippen molar-refractivity contribution in [2.24, 2.45) is 0 Å². The van der Waals surface area contributed by atoms with E-state index in [9.17, 15) is 9.18 Å². The minimum Gasteiger partial charge on any atom is -0.478 e. The number of benzene rings is 1. The maximum atomic E-state index is 13.4. The fraction of sp³-hybridized carbons (Fsp3) is 0.150. The molecule has 3 rings (SSSR count). The number of hydrogen-bond acceptors (Lipinski definition) is 3. The van der Waals surface area contributed by atoms with Crippen molar-refractivity contribution >= 4 is 12.2 Å². The summed E-state index contributed by atoms with van der Waals surface area (Å²) in [4.78, 5) is 19.8. The third-order valence-electron chi connectivity index (χ3n) is 3.89. The number of carboxylic acid groups (broad SMARTS) is 1. The first-order valence-electron chi connectivity index (χ1n) is 8.17. The van der Waals surface area contributed by atoms with Crippen molar-refractivity contribution in [1.82, 2.24) is 14.5 Å². The van der Waals surface area contributed by atoms with Crippen LogP contribution in [-0.4, -0.2) is 25.6 Å². The van der Waals surface area contributed by atoms with Crippen LogP contribution in [0.3, 0.4) is 0 Å². The quantitative estimate of drug-likeness (QED) is 0.691. The fourth-order valence-electron chi connectivity index (χ4n) is 2.74. The molecule has 0 amide bonds. The number of rotatable bonds is 5. The minimum absolute atomic E-state index is 0.0585. The maximum Gasteiger partial charge on any atom is 0.329 e. The largest absolute Gasteiger partial charge is 0.478 e. The summed E-state index contributed by atoms with van der Waals surface area (Å²) in [5.41, 5.74) is 2.99. The van der Waals surface area contributed by atoms with Crippen molar-refractivity contribution in [2.45, 2.75) is 19.8 Å². The molecule has 1 N–H and O–H groups in total. The monoisotopic (exact) mass is 351 g/mol. The van der Waals surface area contributed by atoms with Crippen molar-refractivity contribution in [3.63, 3.8) is 0 Å².